The number of hydrogen-bond donors (Lipinski definition) is 1. The number of nitrogens with zero attached hydrogens (tertiary/aromatic N) is 3. The van der Waals surface area contributed by atoms with Gasteiger partial charge in [0.05, 0.1) is 20.3 Å². The highest BCUT2D eigenvalue weighted by molar-refractivity contribution is 5.83. The van der Waals surface area contributed by atoms with Gasteiger partial charge in [0.15, 0.2) is 0 Å². The monoisotopic (exact) mass is 362 g/mol. The van der Waals surface area contributed by atoms with Crippen molar-refractivity contribution in [3.8, 4) is 17.1 Å². The lowest BCUT2D eigenvalue weighted by molar-refractivity contribution is -0.135. The Morgan fingerprint density at radius 1 is 1.23 bits per heavy atom. The predicted octanol–water partition coefficient (Wildman–Crippen LogP) is 0.638. The van der Waals surface area contributed by atoms with Crippen LogP contribution in [0, 0.1) is 0 Å². The van der Waals surface area contributed by atoms with E-state index in [0.717, 1.165) is 11.3 Å². The van der Waals surface area contributed by atoms with Crippen molar-refractivity contribution in [2.45, 2.75) is 12.8 Å². The molecule has 1 heterocycles. The summed E-state index contributed by atoms with van der Waals surface area (Å²) in [5, 5.41) is 3.92. The summed E-state index contributed by atoms with van der Waals surface area (Å²) in [6.07, 6.45) is 0.394. The fourth-order valence-corrected chi connectivity index (χ4v) is 2.27. The molecule has 0 fully saturated rings. The highest BCUT2D eigenvalue weighted by Crippen LogP contribution is 2.20. The van der Waals surface area contributed by atoms with Crippen molar-refractivity contribution < 1.29 is 23.6 Å². The molecule has 0 aliphatic heterocycles. The molecule has 140 valence electrons. The summed E-state index contributed by atoms with van der Waals surface area (Å²) in [5.41, 5.74) is 5.96. The number of rotatable bonds is 10. The standard InChI is InChI=1S/C17H22N4O5/c1-24-10-9-21(11-14(18)22)16(23)8-7-15-19-17(20-26-15)12-3-5-13(25-2)6-4-12/h3-6H,7-11H2,1-2H3,(H2,18,22). The highest BCUT2D eigenvalue weighted by atomic mass is 16.5. The SMILES string of the molecule is COCCN(CC(N)=O)C(=O)CCc1nc(-c2ccc(OC)cc2)no1. The molecule has 0 spiro atoms. The van der Waals surface area contributed by atoms with Gasteiger partial charge in [0.25, 0.3) is 0 Å². The summed E-state index contributed by atoms with van der Waals surface area (Å²) in [6.45, 7) is 0.462. The van der Waals surface area contributed by atoms with Crippen molar-refractivity contribution in [1.82, 2.24) is 15.0 Å². The van der Waals surface area contributed by atoms with Gasteiger partial charge < -0.3 is 24.6 Å². The van der Waals surface area contributed by atoms with Gasteiger partial charge in [-0.15, -0.1) is 0 Å². The number of primary amides is 1. The number of aromatic nitrogens is 2. The summed E-state index contributed by atoms with van der Waals surface area (Å²) in [7, 11) is 3.11. The van der Waals surface area contributed by atoms with E-state index < -0.39 is 5.91 Å². The first-order valence-corrected chi connectivity index (χ1v) is 8.05. The molecule has 0 aliphatic rings. The Kier molecular flexibility index (Phi) is 7.10. The Balaban J connectivity index is 1.94. The van der Waals surface area contributed by atoms with Gasteiger partial charge in [-0.3, -0.25) is 9.59 Å². The van der Waals surface area contributed by atoms with Gasteiger partial charge in [-0.05, 0) is 24.3 Å². The molecule has 2 amide bonds. The normalized spacial score (nSPS) is 10.5. The number of ether oxygens (including phenoxy) is 2. The van der Waals surface area contributed by atoms with E-state index in [1.807, 2.05) is 12.1 Å². The van der Waals surface area contributed by atoms with Crippen LogP contribution in [0.5, 0.6) is 5.75 Å². The molecule has 0 aliphatic carbocycles. The summed E-state index contributed by atoms with van der Waals surface area (Å²) >= 11 is 0. The van der Waals surface area contributed by atoms with E-state index in [9.17, 15) is 9.59 Å². The van der Waals surface area contributed by atoms with Crippen molar-refractivity contribution in [1.29, 1.82) is 0 Å². The lowest BCUT2D eigenvalue weighted by Gasteiger charge is -2.20. The number of carbonyl (C=O) groups is 2. The molecule has 0 saturated heterocycles. The van der Waals surface area contributed by atoms with Crippen LogP contribution in [0.3, 0.4) is 0 Å². The zero-order valence-electron chi connectivity index (χ0n) is 14.8. The molecule has 2 N–H and O–H groups in total. The maximum Gasteiger partial charge on any atom is 0.237 e. The molecular formula is C17H22N4O5. The Morgan fingerprint density at radius 2 is 1.96 bits per heavy atom. The van der Waals surface area contributed by atoms with Gasteiger partial charge in [-0.2, -0.15) is 4.98 Å². The number of hydrogen-bond acceptors (Lipinski definition) is 7. The second-order valence-corrected chi connectivity index (χ2v) is 5.51. The maximum absolute atomic E-state index is 12.3. The molecule has 0 bridgehead atoms. The van der Waals surface area contributed by atoms with E-state index in [1.165, 1.54) is 12.0 Å². The largest absolute Gasteiger partial charge is 0.497 e. The Bertz CT molecular complexity index is 729. The minimum atomic E-state index is -0.575. The first kappa shape index (κ1) is 19.4. The third-order valence-corrected chi connectivity index (χ3v) is 3.63. The minimum Gasteiger partial charge on any atom is -0.497 e. The molecule has 0 atom stereocenters. The summed E-state index contributed by atoms with van der Waals surface area (Å²) in [6, 6.07) is 7.23. The second kappa shape index (κ2) is 9.52. The molecule has 0 radical (unpaired) electrons. The number of carbonyl (C=O) groups excluding carboxylic acids is 2. The van der Waals surface area contributed by atoms with Crippen LogP contribution in [0.15, 0.2) is 28.8 Å². The van der Waals surface area contributed by atoms with Gasteiger partial charge in [-0.1, -0.05) is 5.16 Å². The third kappa shape index (κ3) is 5.55. The fraction of sp³-hybridized carbons (Fsp3) is 0.412. The van der Waals surface area contributed by atoms with Crippen LogP contribution < -0.4 is 10.5 Å². The second-order valence-electron chi connectivity index (χ2n) is 5.51. The topological polar surface area (TPSA) is 121 Å². The molecule has 9 heteroatoms. The van der Waals surface area contributed by atoms with E-state index in [1.54, 1.807) is 19.2 Å². The number of benzene rings is 1. The molecule has 1 aromatic carbocycles. The van der Waals surface area contributed by atoms with Crippen molar-refractivity contribution in [2.75, 3.05) is 33.9 Å². The van der Waals surface area contributed by atoms with Gasteiger partial charge in [0.1, 0.15) is 5.75 Å². The highest BCUT2D eigenvalue weighted by Gasteiger charge is 2.17. The molecule has 26 heavy (non-hydrogen) atoms. The lowest BCUT2D eigenvalue weighted by atomic mass is 10.2. The summed E-state index contributed by atoms with van der Waals surface area (Å²) < 4.78 is 15.2. The zero-order valence-corrected chi connectivity index (χ0v) is 14.8. The van der Waals surface area contributed by atoms with E-state index in [4.69, 9.17) is 19.7 Å². The van der Waals surface area contributed by atoms with Crippen molar-refractivity contribution in [3.05, 3.63) is 30.2 Å². The molecule has 2 aromatic rings. The molecule has 1 aromatic heterocycles. The minimum absolute atomic E-state index is 0.126. The smallest absolute Gasteiger partial charge is 0.237 e. The van der Waals surface area contributed by atoms with Crippen molar-refractivity contribution in [3.63, 3.8) is 0 Å². The Morgan fingerprint density at radius 3 is 2.58 bits per heavy atom. The number of methoxy groups -OCH3 is 2. The van der Waals surface area contributed by atoms with Gasteiger partial charge in [0.2, 0.25) is 23.5 Å². The van der Waals surface area contributed by atoms with Crippen LogP contribution in [-0.2, 0) is 20.7 Å². The summed E-state index contributed by atoms with van der Waals surface area (Å²) in [5.74, 6) is 0.700. The quantitative estimate of drug-likeness (QED) is 0.658. The van der Waals surface area contributed by atoms with Crippen LogP contribution in [0.2, 0.25) is 0 Å². The van der Waals surface area contributed by atoms with Crippen LogP contribution in [0.4, 0.5) is 0 Å². The van der Waals surface area contributed by atoms with Gasteiger partial charge in [0, 0.05) is 32.1 Å². The molecular weight excluding hydrogens is 340 g/mol. The fourth-order valence-electron chi connectivity index (χ4n) is 2.27. The molecule has 0 unspecified atom stereocenters. The van der Waals surface area contributed by atoms with Crippen LogP contribution in [0.25, 0.3) is 11.4 Å². The Hall–Kier alpha value is -2.94. The summed E-state index contributed by atoms with van der Waals surface area (Å²) in [4.78, 5) is 29.0. The number of aryl methyl sites for hydroxylation is 1. The van der Waals surface area contributed by atoms with Gasteiger partial charge >= 0.3 is 0 Å². The first-order valence-electron chi connectivity index (χ1n) is 8.05. The van der Waals surface area contributed by atoms with E-state index in [0.29, 0.717) is 24.9 Å². The molecule has 2 rings (SSSR count). The van der Waals surface area contributed by atoms with Gasteiger partial charge in [-0.25, -0.2) is 0 Å². The average Bonchev–Trinajstić information content (AvgIpc) is 3.12. The van der Waals surface area contributed by atoms with Crippen LogP contribution in [-0.4, -0.2) is 60.8 Å². The van der Waals surface area contributed by atoms with Crippen LogP contribution in [0.1, 0.15) is 12.3 Å². The van der Waals surface area contributed by atoms with E-state index in [-0.39, 0.29) is 25.3 Å². The van der Waals surface area contributed by atoms with Crippen LogP contribution >= 0.6 is 0 Å². The van der Waals surface area contributed by atoms with Crippen molar-refractivity contribution in [2.24, 2.45) is 5.73 Å². The maximum atomic E-state index is 12.3. The zero-order chi connectivity index (χ0) is 18.9. The average molecular weight is 362 g/mol. The number of amides is 2. The van der Waals surface area contributed by atoms with Crippen molar-refractivity contribution >= 4 is 11.8 Å². The first-order chi connectivity index (χ1) is 12.5. The Labute approximate surface area is 151 Å². The lowest BCUT2D eigenvalue weighted by Crippen LogP contribution is -2.40. The molecule has 0 saturated carbocycles. The predicted molar refractivity (Wildman–Crippen MR) is 92.3 cm³/mol. The van der Waals surface area contributed by atoms with E-state index >= 15 is 0 Å². The molecule has 9 nitrogen and oxygen atoms in total. The number of nitrogens with two attached hydrogens (primary N) is 1. The van der Waals surface area contributed by atoms with E-state index in [2.05, 4.69) is 10.1 Å². The third-order valence-electron chi connectivity index (χ3n) is 3.63.